The minimum atomic E-state index is 0.0387. The van der Waals surface area contributed by atoms with Crippen LogP contribution in [0.4, 0.5) is 0 Å². The number of amides is 1. The van der Waals surface area contributed by atoms with E-state index in [2.05, 4.69) is 13.2 Å². The summed E-state index contributed by atoms with van der Waals surface area (Å²) in [5.74, 6) is 0.0387. The van der Waals surface area contributed by atoms with Crippen molar-refractivity contribution in [3.05, 3.63) is 37.0 Å². The van der Waals surface area contributed by atoms with Crippen molar-refractivity contribution in [1.82, 2.24) is 4.90 Å². The summed E-state index contributed by atoms with van der Waals surface area (Å²) >= 11 is 0. The molecule has 0 aliphatic carbocycles. The van der Waals surface area contributed by atoms with Gasteiger partial charge in [0.2, 0.25) is 5.91 Å². The van der Waals surface area contributed by atoms with Crippen molar-refractivity contribution in [1.29, 1.82) is 0 Å². The predicted octanol–water partition coefficient (Wildman–Crippen LogP) is 1.87. The quantitative estimate of drug-likeness (QED) is 0.387. The zero-order chi connectivity index (χ0) is 12.4. The van der Waals surface area contributed by atoms with Gasteiger partial charge in [-0.2, -0.15) is 0 Å². The van der Waals surface area contributed by atoms with E-state index in [1.807, 2.05) is 13.0 Å². The summed E-state index contributed by atoms with van der Waals surface area (Å²) in [5, 5.41) is 0. The van der Waals surface area contributed by atoms with Gasteiger partial charge in [0.25, 0.3) is 0 Å². The van der Waals surface area contributed by atoms with Gasteiger partial charge in [-0.25, -0.2) is 0 Å². The van der Waals surface area contributed by atoms with Crippen LogP contribution in [-0.4, -0.2) is 30.4 Å². The van der Waals surface area contributed by atoms with Crippen LogP contribution in [0.25, 0.3) is 0 Å². The fourth-order valence-corrected chi connectivity index (χ4v) is 1.33. The number of nitrogens with zero attached hydrogens (tertiary/aromatic N) is 1. The SMILES string of the molecule is C=CCN(CC=C)C(=O)C(C)=CCCCN. The first kappa shape index (κ1) is 14.6. The second-order valence-electron chi connectivity index (χ2n) is 3.61. The summed E-state index contributed by atoms with van der Waals surface area (Å²) in [6, 6.07) is 0. The van der Waals surface area contributed by atoms with Crippen LogP contribution in [0.5, 0.6) is 0 Å². The number of rotatable bonds is 8. The second-order valence-corrected chi connectivity index (χ2v) is 3.61. The molecule has 0 aromatic rings. The minimum absolute atomic E-state index is 0.0387. The Hall–Kier alpha value is -1.35. The smallest absolute Gasteiger partial charge is 0.249 e. The fourth-order valence-electron chi connectivity index (χ4n) is 1.33. The highest BCUT2D eigenvalue weighted by Gasteiger charge is 2.11. The van der Waals surface area contributed by atoms with Gasteiger partial charge in [0.05, 0.1) is 0 Å². The number of allylic oxidation sites excluding steroid dienone is 1. The number of unbranched alkanes of at least 4 members (excludes halogenated alkanes) is 1. The van der Waals surface area contributed by atoms with E-state index in [0.29, 0.717) is 19.6 Å². The summed E-state index contributed by atoms with van der Waals surface area (Å²) in [6.45, 7) is 10.9. The van der Waals surface area contributed by atoms with E-state index in [-0.39, 0.29) is 5.91 Å². The van der Waals surface area contributed by atoms with E-state index in [1.165, 1.54) is 0 Å². The van der Waals surface area contributed by atoms with Crippen molar-refractivity contribution in [2.24, 2.45) is 5.73 Å². The molecular formula is C13H22N2O. The molecule has 0 atom stereocenters. The zero-order valence-corrected chi connectivity index (χ0v) is 10.1. The highest BCUT2D eigenvalue weighted by Crippen LogP contribution is 2.04. The third kappa shape index (κ3) is 5.51. The lowest BCUT2D eigenvalue weighted by molar-refractivity contribution is -0.126. The van der Waals surface area contributed by atoms with Crippen LogP contribution in [0, 0.1) is 0 Å². The van der Waals surface area contributed by atoms with Gasteiger partial charge in [-0.1, -0.05) is 18.2 Å². The van der Waals surface area contributed by atoms with Crippen LogP contribution in [0.1, 0.15) is 19.8 Å². The van der Waals surface area contributed by atoms with Gasteiger partial charge in [0.1, 0.15) is 0 Å². The molecule has 0 aromatic heterocycles. The lowest BCUT2D eigenvalue weighted by atomic mass is 10.2. The number of nitrogens with two attached hydrogens (primary N) is 1. The maximum absolute atomic E-state index is 11.9. The number of carbonyl (C=O) groups is 1. The highest BCUT2D eigenvalue weighted by molar-refractivity contribution is 5.93. The third-order valence-corrected chi connectivity index (χ3v) is 2.18. The molecule has 0 fully saturated rings. The molecule has 0 saturated heterocycles. The van der Waals surface area contributed by atoms with E-state index in [1.54, 1.807) is 17.1 Å². The standard InChI is InChI=1S/C13H22N2O/c1-4-10-15(11-5-2)13(16)12(3)8-6-7-9-14/h4-5,8H,1-2,6-7,9-11,14H2,3H3. The topological polar surface area (TPSA) is 46.3 Å². The molecule has 0 rings (SSSR count). The van der Waals surface area contributed by atoms with E-state index < -0.39 is 0 Å². The van der Waals surface area contributed by atoms with Crippen LogP contribution in [-0.2, 0) is 4.79 Å². The van der Waals surface area contributed by atoms with E-state index in [0.717, 1.165) is 18.4 Å². The summed E-state index contributed by atoms with van der Waals surface area (Å²) < 4.78 is 0. The summed E-state index contributed by atoms with van der Waals surface area (Å²) in [5.41, 5.74) is 6.16. The van der Waals surface area contributed by atoms with E-state index >= 15 is 0 Å². The first-order valence-electron chi connectivity index (χ1n) is 5.55. The molecular weight excluding hydrogens is 200 g/mol. The molecule has 0 aliphatic rings. The molecule has 90 valence electrons. The molecule has 3 heteroatoms. The van der Waals surface area contributed by atoms with Crippen molar-refractivity contribution in [3.63, 3.8) is 0 Å². The molecule has 0 unspecified atom stereocenters. The zero-order valence-electron chi connectivity index (χ0n) is 10.1. The Kier molecular flexibility index (Phi) is 8.17. The monoisotopic (exact) mass is 222 g/mol. The predicted molar refractivity (Wildman–Crippen MR) is 69.0 cm³/mol. The molecule has 0 aromatic carbocycles. The van der Waals surface area contributed by atoms with Crippen molar-refractivity contribution in [2.45, 2.75) is 19.8 Å². The molecule has 0 aliphatic heterocycles. The lowest BCUT2D eigenvalue weighted by Crippen LogP contribution is -2.31. The van der Waals surface area contributed by atoms with Crippen molar-refractivity contribution in [3.8, 4) is 0 Å². The molecule has 16 heavy (non-hydrogen) atoms. The van der Waals surface area contributed by atoms with Gasteiger partial charge in [-0.15, -0.1) is 13.2 Å². The Morgan fingerprint density at radius 3 is 2.31 bits per heavy atom. The van der Waals surface area contributed by atoms with Crippen LogP contribution < -0.4 is 5.73 Å². The van der Waals surface area contributed by atoms with Crippen LogP contribution >= 0.6 is 0 Å². The van der Waals surface area contributed by atoms with Gasteiger partial charge in [0.15, 0.2) is 0 Å². The molecule has 0 spiro atoms. The molecule has 0 radical (unpaired) electrons. The Morgan fingerprint density at radius 1 is 1.31 bits per heavy atom. The van der Waals surface area contributed by atoms with Crippen LogP contribution in [0.2, 0.25) is 0 Å². The highest BCUT2D eigenvalue weighted by atomic mass is 16.2. The Balaban J connectivity index is 4.40. The van der Waals surface area contributed by atoms with Crippen LogP contribution in [0.3, 0.4) is 0 Å². The minimum Gasteiger partial charge on any atom is -0.332 e. The Bertz CT molecular complexity index is 259. The molecule has 1 amide bonds. The van der Waals surface area contributed by atoms with E-state index in [9.17, 15) is 4.79 Å². The average molecular weight is 222 g/mol. The summed E-state index contributed by atoms with van der Waals surface area (Å²) in [6.07, 6.45) is 7.13. The van der Waals surface area contributed by atoms with Crippen molar-refractivity contribution in [2.75, 3.05) is 19.6 Å². The van der Waals surface area contributed by atoms with E-state index in [4.69, 9.17) is 5.73 Å². The largest absolute Gasteiger partial charge is 0.332 e. The number of carbonyl (C=O) groups excluding carboxylic acids is 1. The first-order chi connectivity index (χ1) is 7.67. The Morgan fingerprint density at radius 2 is 1.88 bits per heavy atom. The van der Waals surface area contributed by atoms with Gasteiger partial charge >= 0.3 is 0 Å². The number of hydrogen-bond acceptors (Lipinski definition) is 2. The maximum atomic E-state index is 11.9. The molecule has 3 nitrogen and oxygen atoms in total. The summed E-state index contributed by atoms with van der Waals surface area (Å²) in [4.78, 5) is 13.7. The molecule has 0 bridgehead atoms. The van der Waals surface area contributed by atoms with Crippen LogP contribution in [0.15, 0.2) is 37.0 Å². The third-order valence-electron chi connectivity index (χ3n) is 2.18. The molecule has 0 saturated carbocycles. The van der Waals surface area contributed by atoms with Crippen molar-refractivity contribution < 1.29 is 4.79 Å². The molecule has 0 heterocycles. The lowest BCUT2D eigenvalue weighted by Gasteiger charge is -2.19. The number of hydrogen-bond donors (Lipinski definition) is 1. The van der Waals surface area contributed by atoms with Gasteiger partial charge in [-0.3, -0.25) is 4.79 Å². The first-order valence-corrected chi connectivity index (χ1v) is 5.55. The molecule has 2 N–H and O–H groups in total. The van der Waals surface area contributed by atoms with Crippen molar-refractivity contribution >= 4 is 5.91 Å². The van der Waals surface area contributed by atoms with Gasteiger partial charge in [-0.05, 0) is 26.3 Å². The summed E-state index contributed by atoms with van der Waals surface area (Å²) in [7, 11) is 0. The average Bonchev–Trinajstić information content (AvgIpc) is 2.28. The van der Waals surface area contributed by atoms with Gasteiger partial charge < -0.3 is 10.6 Å². The second kappa shape index (κ2) is 8.92. The van der Waals surface area contributed by atoms with Gasteiger partial charge in [0, 0.05) is 18.7 Å². The fraction of sp³-hybridized carbons (Fsp3) is 0.462. The maximum Gasteiger partial charge on any atom is 0.249 e. The Labute approximate surface area is 98.3 Å². The normalized spacial score (nSPS) is 11.0.